The molecule has 186 valence electrons. The van der Waals surface area contributed by atoms with E-state index in [1.54, 1.807) is 60.7 Å². The van der Waals surface area contributed by atoms with Crippen molar-refractivity contribution >= 4 is 52.3 Å². The zero-order chi connectivity index (χ0) is 26.3. The van der Waals surface area contributed by atoms with Gasteiger partial charge in [0, 0.05) is 11.6 Å². The van der Waals surface area contributed by atoms with E-state index in [1.165, 1.54) is 33.7 Å². The van der Waals surface area contributed by atoms with Gasteiger partial charge in [-0.15, -0.1) is 0 Å². The summed E-state index contributed by atoms with van der Waals surface area (Å²) in [6.07, 6.45) is 0. The fourth-order valence-corrected chi connectivity index (χ4v) is 4.97. The van der Waals surface area contributed by atoms with Gasteiger partial charge in [-0.25, -0.2) is 4.79 Å². The maximum Gasteiger partial charge on any atom is 0.366 e. The van der Waals surface area contributed by atoms with Crippen molar-refractivity contribution in [3.05, 3.63) is 101 Å². The van der Waals surface area contributed by atoms with Crippen molar-refractivity contribution in [1.82, 2.24) is 4.90 Å². The largest absolute Gasteiger partial charge is 0.872 e. The fraction of sp³-hybridized carbons (Fsp3) is 0.111. The minimum absolute atomic E-state index is 0.0586. The Hall–Kier alpha value is -4.47. The van der Waals surface area contributed by atoms with Gasteiger partial charge in [0.1, 0.15) is 11.4 Å². The van der Waals surface area contributed by atoms with Gasteiger partial charge in [-0.05, 0) is 42.0 Å². The summed E-state index contributed by atoms with van der Waals surface area (Å²) in [5.41, 5.74) is 4.54. The Kier molecular flexibility index (Phi) is 6.02. The topological polar surface area (TPSA) is 130 Å². The van der Waals surface area contributed by atoms with Crippen LogP contribution in [-0.4, -0.2) is 57.0 Å². The number of benzene rings is 3. The van der Waals surface area contributed by atoms with Crippen LogP contribution < -0.4 is 15.7 Å². The molecule has 3 aromatic carbocycles. The van der Waals surface area contributed by atoms with Gasteiger partial charge in [-0.1, -0.05) is 65.9 Å². The molecule has 0 aromatic heterocycles. The maximum atomic E-state index is 14.5. The number of anilines is 1. The smallest absolute Gasteiger partial charge is 0.366 e. The summed E-state index contributed by atoms with van der Waals surface area (Å²) in [6.45, 7) is -0.961. The van der Waals surface area contributed by atoms with Crippen molar-refractivity contribution in [2.45, 2.75) is 5.66 Å². The van der Waals surface area contributed by atoms with E-state index in [4.69, 9.17) is 17.3 Å². The molecule has 2 aliphatic heterocycles. The molecule has 37 heavy (non-hydrogen) atoms. The number of para-hydroxylation sites is 2. The van der Waals surface area contributed by atoms with Crippen LogP contribution >= 0.6 is 11.6 Å². The molecule has 2 aliphatic rings. The summed E-state index contributed by atoms with van der Waals surface area (Å²) in [6, 6.07) is 22.6. The van der Waals surface area contributed by atoms with Crippen molar-refractivity contribution < 1.29 is 29.2 Å². The number of Topliss-reactive ketones (excluding diaryl/α,β-unsaturated/α-hetero) is 1. The molecule has 0 saturated carbocycles. The molecule has 9 nitrogen and oxygen atoms in total. The third-order valence-corrected chi connectivity index (χ3v) is 6.63. The molecule has 1 spiro atoms. The highest BCUT2D eigenvalue weighted by Crippen LogP contribution is 2.45. The van der Waals surface area contributed by atoms with E-state index >= 15 is 0 Å². The van der Waals surface area contributed by atoms with Gasteiger partial charge in [0.15, 0.2) is 0 Å². The summed E-state index contributed by atoms with van der Waals surface area (Å²) >= 11 is 5.98. The van der Waals surface area contributed by atoms with Crippen LogP contribution in [0.25, 0.3) is 5.76 Å². The number of carbonyl (C=O) groups is 3. The number of nitrogens with two attached hydrogens (primary N) is 1. The molecule has 10 heteroatoms. The molecule has 3 N–H and O–H groups in total. The first-order valence-corrected chi connectivity index (χ1v) is 11.7. The molecule has 1 fully saturated rings. The van der Waals surface area contributed by atoms with Crippen molar-refractivity contribution in [3.63, 3.8) is 0 Å². The van der Waals surface area contributed by atoms with Crippen LogP contribution in [-0.2, 0) is 14.4 Å². The molecule has 2 heterocycles. The number of hydrogen-bond donors (Lipinski definition) is 2. The van der Waals surface area contributed by atoms with Crippen LogP contribution in [0.3, 0.4) is 0 Å². The SMILES string of the molecule is NC1=[N+](c2ccccc2)C2(C(=O)N1c1ccccc1)/C(=C(\[O-])c1ccc(Cl)cc1)C(=O)C(=O)N2CCO. The number of likely N-dealkylation sites (tertiary alicyclic amines) is 1. The van der Waals surface area contributed by atoms with Crippen LogP contribution in [0.4, 0.5) is 11.4 Å². The summed E-state index contributed by atoms with van der Waals surface area (Å²) in [5.74, 6) is -3.99. The third-order valence-electron chi connectivity index (χ3n) is 6.37. The van der Waals surface area contributed by atoms with Gasteiger partial charge in [0.25, 0.3) is 17.4 Å². The van der Waals surface area contributed by atoms with Crippen LogP contribution in [0.2, 0.25) is 5.02 Å². The highest BCUT2D eigenvalue weighted by Gasteiger charge is 2.72. The lowest BCUT2D eigenvalue weighted by Crippen LogP contribution is -2.59. The fourth-order valence-electron chi connectivity index (χ4n) is 4.84. The first-order valence-electron chi connectivity index (χ1n) is 11.4. The molecule has 2 amide bonds. The first-order chi connectivity index (χ1) is 17.8. The molecule has 3 aromatic rings. The van der Waals surface area contributed by atoms with Gasteiger partial charge in [0.2, 0.25) is 0 Å². The van der Waals surface area contributed by atoms with Crippen molar-refractivity contribution in [3.8, 4) is 0 Å². The number of ketones is 1. The molecule has 1 saturated heterocycles. The van der Waals surface area contributed by atoms with E-state index < -0.39 is 47.7 Å². The molecule has 1 unspecified atom stereocenters. The molecule has 1 atom stereocenters. The lowest BCUT2D eigenvalue weighted by Gasteiger charge is -2.34. The Morgan fingerprint density at radius 1 is 0.946 bits per heavy atom. The second-order valence-corrected chi connectivity index (χ2v) is 8.83. The zero-order valence-electron chi connectivity index (χ0n) is 19.4. The van der Waals surface area contributed by atoms with Gasteiger partial charge >= 0.3 is 11.9 Å². The second-order valence-electron chi connectivity index (χ2n) is 8.40. The lowest BCUT2D eigenvalue weighted by molar-refractivity contribution is -0.524. The Morgan fingerprint density at radius 3 is 2.14 bits per heavy atom. The van der Waals surface area contributed by atoms with Gasteiger partial charge < -0.3 is 10.2 Å². The van der Waals surface area contributed by atoms with E-state index in [9.17, 15) is 24.6 Å². The van der Waals surface area contributed by atoms with Crippen LogP contribution in [0.5, 0.6) is 0 Å². The Bertz CT molecular complexity index is 1470. The predicted molar refractivity (Wildman–Crippen MR) is 134 cm³/mol. The third kappa shape index (κ3) is 3.51. The quantitative estimate of drug-likeness (QED) is 0.227. The van der Waals surface area contributed by atoms with E-state index in [1.807, 2.05) is 0 Å². The standard InChI is InChI=1S/C27H21ClN4O5/c28-18-13-11-17(12-14-18)22(34)21-23(35)24(36)30(15-16-33)27(21)25(37)31(19-7-3-1-4-8-19)26(29)32(27)20-9-5-2-6-10-20/h1-14,29,33H,15-16H2,(H,34,35). The zero-order valence-corrected chi connectivity index (χ0v) is 20.1. The summed E-state index contributed by atoms with van der Waals surface area (Å²) in [7, 11) is 0. The van der Waals surface area contributed by atoms with Crippen molar-refractivity contribution in [1.29, 1.82) is 0 Å². The molecule has 5 rings (SSSR count). The van der Waals surface area contributed by atoms with E-state index in [0.717, 1.165) is 4.90 Å². The van der Waals surface area contributed by atoms with Gasteiger partial charge in [-0.2, -0.15) is 9.48 Å². The Morgan fingerprint density at radius 2 is 1.54 bits per heavy atom. The molecular weight excluding hydrogens is 496 g/mol. The van der Waals surface area contributed by atoms with Gasteiger partial charge in [-0.3, -0.25) is 20.2 Å². The number of amides is 2. The molecule has 0 radical (unpaired) electrons. The minimum Gasteiger partial charge on any atom is -0.872 e. The lowest BCUT2D eigenvalue weighted by atomic mass is 9.93. The summed E-state index contributed by atoms with van der Waals surface area (Å²) < 4.78 is 1.31. The predicted octanol–water partition coefficient (Wildman–Crippen LogP) is 1.22. The monoisotopic (exact) mass is 516 g/mol. The number of carbonyl (C=O) groups excluding carboxylic acids is 3. The van der Waals surface area contributed by atoms with Crippen LogP contribution in [0, 0.1) is 0 Å². The van der Waals surface area contributed by atoms with Crippen LogP contribution in [0.1, 0.15) is 5.56 Å². The Labute approximate surface area is 216 Å². The van der Waals surface area contributed by atoms with Crippen molar-refractivity contribution in [2.75, 3.05) is 18.1 Å². The number of halogens is 1. The number of guanidine groups is 1. The number of nitrogens with zero attached hydrogens (tertiary/aromatic N) is 3. The maximum absolute atomic E-state index is 14.5. The average Bonchev–Trinajstić information content (AvgIpc) is 3.27. The van der Waals surface area contributed by atoms with Gasteiger partial charge in [0.05, 0.1) is 12.2 Å². The first kappa shape index (κ1) is 24.2. The number of β-amino-alcohol motifs (C(OH)–C–C–N with tert-alkyl or cyclic N) is 1. The number of aliphatic hydroxyl groups is 1. The molecular formula is C27H21ClN4O5. The average molecular weight is 517 g/mol. The number of hydrogen-bond acceptors (Lipinski definition) is 6. The normalized spacial score (nSPS) is 21.0. The van der Waals surface area contributed by atoms with Crippen LogP contribution in [0.15, 0.2) is 90.5 Å². The highest BCUT2D eigenvalue weighted by molar-refractivity contribution is 6.50. The number of aliphatic hydroxyl groups excluding tert-OH is 1. The molecule has 0 aliphatic carbocycles. The number of rotatable bonds is 5. The Balaban J connectivity index is 1.90. The second kappa shape index (κ2) is 9.20. The minimum atomic E-state index is -2.27. The summed E-state index contributed by atoms with van der Waals surface area (Å²) in [4.78, 5) is 43.4. The van der Waals surface area contributed by atoms with E-state index in [-0.39, 0.29) is 11.5 Å². The highest BCUT2D eigenvalue weighted by atomic mass is 35.5. The molecule has 0 bridgehead atoms. The van der Waals surface area contributed by atoms with Crippen molar-refractivity contribution in [2.24, 2.45) is 5.73 Å². The van der Waals surface area contributed by atoms with E-state index in [2.05, 4.69) is 0 Å². The van der Waals surface area contributed by atoms with E-state index in [0.29, 0.717) is 16.4 Å². The summed E-state index contributed by atoms with van der Waals surface area (Å²) in [5, 5.41) is 24.1.